The Bertz CT molecular complexity index is 721. The molecule has 0 aromatic heterocycles. The molecule has 1 amide bonds. The summed E-state index contributed by atoms with van der Waals surface area (Å²) in [6.07, 6.45) is 5.14. The second kappa shape index (κ2) is 7.14. The van der Waals surface area contributed by atoms with E-state index in [2.05, 4.69) is 11.4 Å². The van der Waals surface area contributed by atoms with E-state index in [1.165, 1.54) is 11.1 Å². The minimum atomic E-state index is -0.885. The summed E-state index contributed by atoms with van der Waals surface area (Å²) in [5, 5.41) is 11.9. The third kappa shape index (κ3) is 4.30. The van der Waals surface area contributed by atoms with Crippen LogP contribution in [0.15, 0.2) is 18.2 Å². The summed E-state index contributed by atoms with van der Waals surface area (Å²) in [5.41, 5.74) is 1.72. The lowest BCUT2D eigenvalue weighted by molar-refractivity contribution is -0.150. The zero-order chi connectivity index (χ0) is 17.9. The summed E-state index contributed by atoms with van der Waals surface area (Å²) in [6.45, 7) is 1.04. The van der Waals surface area contributed by atoms with Gasteiger partial charge in [-0.25, -0.2) is 4.79 Å². The Balaban J connectivity index is 1.41. The van der Waals surface area contributed by atoms with E-state index in [4.69, 9.17) is 9.47 Å². The van der Waals surface area contributed by atoms with Gasteiger partial charge in [-0.3, -0.25) is 4.79 Å². The van der Waals surface area contributed by atoms with Gasteiger partial charge in [0.25, 0.3) is 5.91 Å². The first-order valence-corrected chi connectivity index (χ1v) is 8.62. The average molecular weight is 342 g/mol. The van der Waals surface area contributed by atoms with Crippen molar-refractivity contribution in [1.29, 1.82) is 5.26 Å². The van der Waals surface area contributed by atoms with Gasteiger partial charge in [-0.15, -0.1) is 0 Å². The number of carbonyl (C=O) groups excluding carboxylic acids is 2. The van der Waals surface area contributed by atoms with Crippen LogP contribution in [0.25, 0.3) is 0 Å². The molecule has 1 N–H and O–H groups in total. The van der Waals surface area contributed by atoms with Gasteiger partial charge in [-0.2, -0.15) is 5.26 Å². The average Bonchev–Trinajstić information content (AvgIpc) is 3.37. The number of amides is 1. The van der Waals surface area contributed by atoms with E-state index in [1.807, 2.05) is 18.2 Å². The predicted octanol–water partition coefficient (Wildman–Crippen LogP) is 1.91. The van der Waals surface area contributed by atoms with Crippen molar-refractivity contribution in [1.82, 2.24) is 5.32 Å². The molecule has 6 nitrogen and oxygen atoms in total. The van der Waals surface area contributed by atoms with Crippen LogP contribution in [0.3, 0.4) is 0 Å². The Morgan fingerprint density at radius 2 is 2.04 bits per heavy atom. The molecule has 2 aliphatic carbocycles. The first kappa shape index (κ1) is 17.3. The zero-order valence-electron chi connectivity index (χ0n) is 14.3. The van der Waals surface area contributed by atoms with E-state index < -0.39 is 24.0 Å². The number of rotatable bonds is 7. The molecule has 0 unspecified atom stereocenters. The number of hydrogen-bond acceptors (Lipinski definition) is 5. The molecule has 1 saturated carbocycles. The molecule has 3 rings (SSSR count). The molecule has 1 fully saturated rings. The fourth-order valence-electron chi connectivity index (χ4n) is 3.18. The van der Waals surface area contributed by atoms with Gasteiger partial charge < -0.3 is 14.8 Å². The van der Waals surface area contributed by atoms with Gasteiger partial charge in [0.15, 0.2) is 13.2 Å². The molecule has 6 heteroatoms. The highest BCUT2D eigenvalue weighted by molar-refractivity contribution is 5.81. The van der Waals surface area contributed by atoms with Gasteiger partial charge >= 0.3 is 5.97 Å². The molecule has 1 aromatic carbocycles. The van der Waals surface area contributed by atoms with Crippen molar-refractivity contribution < 1.29 is 19.1 Å². The number of carbonyl (C=O) groups is 2. The van der Waals surface area contributed by atoms with E-state index >= 15 is 0 Å². The first-order chi connectivity index (χ1) is 12.0. The van der Waals surface area contributed by atoms with Gasteiger partial charge in [-0.1, -0.05) is 6.07 Å². The number of nitriles is 1. The van der Waals surface area contributed by atoms with Crippen LogP contribution < -0.4 is 10.1 Å². The van der Waals surface area contributed by atoms with E-state index in [0.29, 0.717) is 5.75 Å². The fraction of sp³-hybridized carbons (Fsp3) is 0.526. The van der Waals surface area contributed by atoms with Crippen molar-refractivity contribution >= 4 is 11.9 Å². The van der Waals surface area contributed by atoms with Crippen molar-refractivity contribution in [3.05, 3.63) is 29.3 Å². The molecule has 0 spiro atoms. The van der Waals surface area contributed by atoms with E-state index in [-0.39, 0.29) is 12.5 Å². The lowest BCUT2D eigenvalue weighted by Crippen LogP contribution is -2.48. The molecule has 0 radical (unpaired) electrons. The largest absolute Gasteiger partial charge is 0.482 e. The summed E-state index contributed by atoms with van der Waals surface area (Å²) in [4.78, 5) is 23.6. The Labute approximate surface area is 147 Å². The summed E-state index contributed by atoms with van der Waals surface area (Å²) in [7, 11) is 0. The molecule has 0 saturated heterocycles. The van der Waals surface area contributed by atoms with E-state index in [0.717, 1.165) is 32.1 Å². The van der Waals surface area contributed by atoms with Crippen LogP contribution in [0.2, 0.25) is 0 Å². The monoisotopic (exact) mass is 342 g/mol. The van der Waals surface area contributed by atoms with Crippen molar-refractivity contribution in [2.75, 3.05) is 13.2 Å². The maximum Gasteiger partial charge on any atom is 0.344 e. The molecule has 25 heavy (non-hydrogen) atoms. The predicted molar refractivity (Wildman–Crippen MR) is 89.8 cm³/mol. The fourth-order valence-corrected chi connectivity index (χ4v) is 3.18. The van der Waals surface area contributed by atoms with Gasteiger partial charge in [0.05, 0.1) is 6.07 Å². The SMILES string of the molecule is C[C@@](C#N)(NC(=O)COC(=O)COc1ccc2c(c1)CCC2)C1CC1. The minimum absolute atomic E-state index is 0.181. The third-order valence-electron chi connectivity index (χ3n) is 4.82. The molecular weight excluding hydrogens is 320 g/mol. The third-order valence-corrected chi connectivity index (χ3v) is 4.82. The number of nitrogens with zero attached hydrogens (tertiary/aromatic N) is 1. The Morgan fingerprint density at radius 1 is 1.28 bits per heavy atom. The quantitative estimate of drug-likeness (QED) is 0.765. The van der Waals surface area contributed by atoms with Gasteiger partial charge in [0, 0.05) is 0 Å². The van der Waals surface area contributed by atoms with Crippen molar-refractivity contribution in [3.8, 4) is 11.8 Å². The standard InChI is InChI=1S/C19H22N2O4/c1-19(12-20,15-6-7-15)21-17(22)10-25-18(23)11-24-16-8-5-13-3-2-4-14(13)9-16/h5,8-9,15H,2-4,6-7,10-11H2,1H3,(H,21,22)/t19-/m0/s1. The number of nitrogens with one attached hydrogen (secondary N) is 1. The normalized spacial score (nSPS) is 17.8. The topological polar surface area (TPSA) is 88.4 Å². The smallest absolute Gasteiger partial charge is 0.344 e. The Kier molecular flexibility index (Phi) is 4.93. The van der Waals surface area contributed by atoms with Crippen molar-refractivity contribution in [3.63, 3.8) is 0 Å². The van der Waals surface area contributed by atoms with Crippen molar-refractivity contribution in [2.24, 2.45) is 5.92 Å². The number of fused-ring (bicyclic) bond motifs is 1. The number of benzene rings is 1. The van der Waals surface area contributed by atoms with Gasteiger partial charge in [0.1, 0.15) is 11.3 Å². The van der Waals surface area contributed by atoms with Gasteiger partial charge in [0.2, 0.25) is 0 Å². The van der Waals surface area contributed by atoms with Crippen LogP contribution in [0.5, 0.6) is 5.75 Å². The van der Waals surface area contributed by atoms with Crippen molar-refractivity contribution in [2.45, 2.75) is 44.6 Å². The van der Waals surface area contributed by atoms with Crippen LogP contribution in [0, 0.1) is 17.2 Å². The first-order valence-electron chi connectivity index (χ1n) is 8.62. The van der Waals surface area contributed by atoms with E-state index in [9.17, 15) is 14.9 Å². The van der Waals surface area contributed by atoms with Crippen LogP contribution in [-0.2, 0) is 27.2 Å². The maximum absolute atomic E-state index is 11.9. The lowest BCUT2D eigenvalue weighted by Gasteiger charge is -2.22. The highest BCUT2D eigenvalue weighted by Gasteiger charge is 2.43. The molecule has 2 aliphatic rings. The number of aryl methyl sites for hydroxylation is 2. The van der Waals surface area contributed by atoms with Crippen LogP contribution >= 0.6 is 0 Å². The molecule has 0 heterocycles. The molecule has 132 valence electrons. The minimum Gasteiger partial charge on any atom is -0.482 e. The molecule has 0 aliphatic heterocycles. The second-order valence-electron chi connectivity index (χ2n) is 6.87. The number of ether oxygens (including phenoxy) is 2. The maximum atomic E-state index is 11.9. The number of hydrogen-bond donors (Lipinski definition) is 1. The van der Waals surface area contributed by atoms with Gasteiger partial charge in [-0.05, 0) is 68.2 Å². The second-order valence-corrected chi connectivity index (χ2v) is 6.87. The summed E-state index contributed by atoms with van der Waals surface area (Å²) in [6, 6.07) is 7.95. The summed E-state index contributed by atoms with van der Waals surface area (Å²) < 4.78 is 10.4. The van der Waals surface area contributed by atoms with Crippen LogP contribution in [0.4, 0.5) is 0 Å². The molecule has 0 bridgehead atoms. The summed E-state index contributed by atoms with van der Waals surface area (Å²) in [5.74, 6) is -0.268. The molecule has 1 atom stereocenters. The Hall–Kier alpha value is -2.55. The highest BCUT2D eigenvalue weighted by Crippen LogP contribution is 2.39. The van der Waals surface area contributed by atoms with Crippen LogP contribution in [-0.4, -0.2) is 30.6 Å². The molecular formula is C19H22N2O4. The number of esters is 1. The molecule has 1 aromatic rings. The summed E-state index contributed by atoms with van der Waals surface area (Å²) >= 11 is 0. The Morgan fingerprint density at radius 3 is 2.76 bits per heavy atom. The highest BCUT2D eigenvalue weighted by atomic mass is 16.6. The zero-order valence-corrected chi connectivity index (χ0v) is 14.3. The lowest BCUT2D eigenvalue weighted by atomic mass is 9.98. The van der Waals surface area contributed by atoms with E-state index in [1.54, 1.807) is 6.92 Å². The van der Waals surface area contributed by atoms with Crippen LogP contribution in [0.1, 0.15) is 37.3 Å².